The fraction of sp³-hybridized carbons (Fsp3) is 0.333. The molecule has 0 aliphatic heterocycles. The molecule has 0 atom stereocenters. The Bertz CT molecular complexity index is 486. The minimum absolute atomic E-state index is 0.00390. The smallest absolute Gasteiger partial charge is 0.341 e. The van der Waals surface area contributed by atoms with Crippen molar-refractivity contribution in [1.29, 1.82) is 0 Å². The van der Waals surface area contributed by atoms with Crippen molar-refractivity contribution < 1.29 is 14.3 Å². The van der Waals surface area contributed by atoms with Crippen molar-refractivity contribution >= 4 is 40.8 Å². The molecule has 1 aromatic rings. The SMILES string of the molecule is COC(=O)/C(=C/c1ccc(Cl)s1)C(=O)C1CC1. The summed E-state index contributed by atoms with van der Waals surface area (Å²) in [6.45, 7) is 0. The number of ketones is 1. The van der Waals surface area contributed by atoms with Crippen LogP contribution in [0.15, 0.2) is 17.7 Å². The number of thiophene rings is 1. The maximum absolute atomic E-state index is 11.9. The van der Waals surface area contributed by atoms with Crippen LogP contribution in [-0.2, 0) is 14.3 Å². The van der Waals surface area contributed by atoms with Gasteiger partial charge in [0.2, 0.25) is 0 Å². The molecule has 0 spiro atoms. The van der Waals surface area contributed by atoms with E-state index in [4.69, 9.17) is 11.6 Å². The average molecular weight is 271 g/mol. The molecule has 1 aliphatic rings. The topological polar surface area (TPSA) is 43.4 Å². The summed E-state index contributed by atoms with van der Waals surface area (Å²) >= 11 is 7.12. The molecule has 1 heterocycles. The second kappa shape index (κ2) is 5.02. The minimum atomic E-state index is -0.577. The van der Waals surface area contributed by atoms with Gasteiger partial charge in [-0.1, -0.05) is 11.6 Å². The summed E-state index contributed by atoms with van der Waals surface area (Å²) in [5.41, 5.74) is 0.119. The number of hydrogen-bond donors (Lipinski definition) is 0. The number of carbonyl (C=O) groups is 2. The van der Waals surface area contributed by atoms with Crippen LogP contribution in [0.5, 0.6) is 0 Å². The number of ether oxygens (including phenoxy) is 1. The minimum Gasteiger partial charge on any atom is -0.465 e. The Kier molecular flexibility index (Phi) is 3.64. The van der Waals surface area contributed by atoms with Crippen LogP contribution in [-0.4, -0.2) is 18.9 Å². The lowest BCUT2D eigenvalue weighted by Crippen LogP contribution is -2.15. The third-order valence-electron chi connectivity index (χ3n) is 2.50. The lowest BCUT2D eigenvalue weighted by atomic mass is 10.1. The van der Waals surface area contributed by atoms with Crippen LogP contribution >= 0.6 is 22.9 Å². The zero-order valence-corrected chi connectivity index (χ0v) is 10.8. The normalized spacial score (nSPS) is 15.8. The van der Waals surface area contributed by atoms with Gasteiger partial charge in [0, 0.05) is 10.8 Å². The van der Waals surface area contributed by atoms with Gasteiger partial charge in [0.15, 0.2) is 5.78 Å². The van der Waals surface area contributed by atoms with Gasteiger partial charge in [0.25, 0.3) is 0 Å². The number of esters is 1. The number of hydrogen-bond acceptors (Lipinski definition) is 4. The van der Waals surface area contributed by atoms with Crippen LogP contribution in [0.3, 0.4) is 0 Å². The van der Waals surface area contributed by atoms with E-state index in [0.717, 1.165) is 17.7 Å². The lowest BCUT2D eigenvalue weighted by molar-refractivity contribution is -0.137. The molecule has 17 heavy (non-hydrogen) atoms. The third-order valence-corrected chi connectivity index (χ3v) is 3.68. The highest BCUT2D eigenvalue weighted by atomic mass is 35.5. The quantitative estimate of drug-likeness (QED) is 0.366. The van der Waals surface area contributed by atoms with Crippen molar-refractivity contribution in [1.82, 2.24) is 0 Å². The number of carbonyl (C=O) groups excluding carboxylic acids is 2. The Morgan fingerprint density at radius 1 is 1.47 bits per heavy atom. The molecule has 5 heteroatoms. The summed E-state index contributed by atoms with van der Waals surface area (Å²) in [5, 5.41) is 0. The van der Waals surface area contributed by atoms with Crippen molar-refractivity contribution in [3.63, 3.8) is 0 Å². The molecule has 0 amide bonds. The highest BCUT2D eigenvalue weighted by Crippen LogP contribution is 2.33. The van der Waals surface area contributed by atoms with Gasteiger partial charge >= 0.3 is 5.97 Å². The van der Waals surface area contributed by atoms with E-state index in [9.17, 15) is 9.59 Å². The van der Waals surface area contributed by atoms with Crippen molar-refractivity contribution in [2.24, 2.45) is 5.92 Å². The lowest BCUT2D eigenvalue weighted by Gasteiger charge is -2.02. The van der Waals surface area contributed by atoms with Gasteiger partial charge in [-0.05, 0) is 31.1 Å². The molecule has 1 saturated carbocycles. The van der Waals surface area contributed by atoms with E-state index < -0.39 is 5.97 Å². The van der Waals surface area contributed by atoms with Crippen LogP contribution in [0.2, 0.25) is 4.34 Å². The van der Waals surface area contributed by atoms with Gasteiger partial charge in [-0.3, -0.25) is 4.79 Å². The Labute approximate surface area is 108 Å². The molecule has 0 bridgehead atoms. The molecule has 1 fully saturated rings. The van der Waals surface area contributed by atoms with E-state index >= 15 is 0 Å². The highest BCUT2D eigenvalue weighted by molar-refractivity contribution is 7.17. The van der Waals surface area contributed by atoms with Crippen LogP contribution < -0.4 is 0 Å². The highest BCUT2D eigenvalue weighted by Gasteiger charge is 2.34. The molecule has 0 N–H and O–H groups in total. The fourth-order valence-corrected chi connectivity index (χ4v) is 2.46. The van der Waals surface area contributed by atoms with Crippen molar-refractivity contribution in [3.05, 3.63) is 26.9 Å². The molecule has 90 valence electrons. The van der Waals surface area contributed by atoms with Gasteiger partial charge < -0.3 is 4.74 Å². The number of methoxy groups -OCH3 is 1. The number of rotatable bonds is 4. The standard InChI is InChI=1S/C12H11ClO3S/c1-16-12(15)9(11(14)7-2-3-7)6-8-4-5-10(13)17-8/h4-7H,2-3H2,1H3/b9-6+. The van der Waals surface area contributed by atoms with Crippen LogP contribution in [0.4, 0.5) is 0 Å². The monoisotopic (exact) mass is 270 g/mol. The summed E-state index contributed by atoms with van der Waals surface area (Å²) in [4.78, 5) is 24.3. The first-order valence-electron chi connectivity index (χ1n) is 5.21. The predicted molar refractivity (Wildman–Crippen MR) is 67.1 cm³/mol. The van der Waals surface area contributed by atoms with Gasteiger partial charge in [-0.2, -0.15) is 0 Å². The zero-order chi connectivity index (χ0) is 12.4. The van der Waals surface area contributed by atoms with Crippen LogP contribution in [0, 0.1) is 5.92 Å². The van der Waals surface area contributed by atoms with Gasteiger partial charge in [-0.15, -0.1) is 11.3 Å². The number of halogens is 1. The second-order valence-electron chi connectivity index (χ2n) is 3.83. The van der Waals surface area contributed by atoms with Crippen molar-refractivity contribution in [2.75, 3.05) is 7.11 Å². The second-order valence-corrected chi connectivity index (χ2v) is 5.58. The van der Waals surface area contributed by atoms with E-state index in [-0.39, 0.29) is 17.3 Å². The maximum atomic E-state index is 11.9. The number of Topliss-reactive ketones (excluding diaryl/α,β-unsaturated/α-hetero) is 1. The van der Waals surface area contributed by atoms with Gasteiger partial charge in [-0.25, -0.2) is 4.79 Å². The zero-order valence-electron chi connectivity index (χ0n) is 9.23. The van der Waals surface area contributed by atoms with Gasteiger partial charge in [0.1, 0.15) is 5.57 Å². The first-order valence-corrected chi connectivity index (χ1v) is 6.41. The summed E-state index contributed by atoms with van der Waals surface area (Å²) in [6, 6.07) is 3.50. The van der Waals surface area contributed by atoms with Gasteiger partial charge in [0.05, 0.1) is 11.4 Å². The van der Waals surface area contributed by atoms with E-state index in [0.29, 0.717) is 4.34 Å². The Morgan fingerprint density at radius 3 is 2.65 bits per heavy atom. The fourth-order valence-electron chi connectivity index (χ4n) is 1.45. The van der Waals surface area contributed by atoms with Crippen molar-refractivity contribution in [2.45, 2.75) is 12.8 Å². The molecular weight excluding hydrogens is 260 g/mol. The molecule has 2 rings (SSSR count). The van der Waals surface area contributed by atoms with Crippen LogP contribution in [0.25, 0.3) is 6.08 Å². The Hall–Kier alpha value is -1.13. The Morgan fingerprint density at radius 2 is 2.18 bits per heavy atom. The van der Waals surface area contributed by atoms with E-state index in [2.05, 4.69) is 4.74 Å². The third kappa shape index (κ3) is 2.96. The molecule has 1 aliphatic carbocycles. The maximum Gasteiger partial charge on any atom is 0.341 e. The average Bonchev–Trinajstić information content (AvgIpc) is 3.08. The molecular formula is C12H11ClO3S. The first kappa shape index (κ1) is 12.3. The largest absolute Gasteiger partial charge is 0.465 e. The molecule has 0 aromatic carbocycles. The van der Waals surface area contributed by atoms with E-state index in [1.165, 1.54) is 18.4 Å². The molecule has 0 unspecified atom stereocenters. The summed E-state index contributed by atoms with van der Waals surface area (Å²) < 4.78 is 5.26. The molecule has 0 radical (unpaired) electrons. The van der Waals surface area contributed by atoms with Crippen LogP contribution in [0.1, 0.15) is 17.7 Å². The first-order chi connectivity index (χ1) is 8.11. The summed E-state index contributed by atoms with van der Waals surface area (Å²) in [6.07, 6.45) is 3.28. The molecule has 0 saturated heterocycles. The summed E-state index contributed by atoms with van der Waals surface area (Å²) in [5.74, 6) is -0.705. The van der Waals surface area contributed by atoms with E-state index in [1.54, 1.807) is 18.2 Å². The van der Waals surface area contributed by atoms with Crippen molar-refractivity contribution in [3.8, 4) is 0 Å². The predicted octanol–water partition coefficient (Wildman–Crippen LogP) is 2.94. The molecule has 3 nitrogen and oxygen atoms in total. The molecule has 1 aromatic heterocycles. The summed E-state index contributed by atoms with van der Waals surface area (Å²) in [7, 11) is 1.28. The van der Waals surface area contributed by atoms with E-state index in [1.807, 2.05) is 0 Å². The Balaban J connectivity index is 2.28.